The van der Waals surface area contributed by atoms with Gasteiger partial charge in [0.2, 0.25) is 5.95 Å². The summed E-state index contributed by atoms with van der Waals surface area (Å²) in [6.07, 6.45) is 1.20. The number of nitrogen functional groups attached to an aromatic ring is 1. The van der Waals surface area contributed by atoms with Crippen molar-refractivity contribution in [2.75, 3.05) is 12.3 Å². The molecule has 108 valence electrons. The van der Waals surface area contributed by atoms with Gasteiger partial charge in [-0.15, -0.1) is 0 Å². The average molecular weight is 317 g/mol. The molecule has 3 rings (SSSR count). The van der Waals surface area contributed by atoms with Gasteiger partial charge in [-0.2, -0.15) is 4.98 Å². The summed E-state index contributed by atoms with van der Waals surface area (Å²) in [5, 5.41) is 19.2. The summed E-state index contributed by atoms with van der Waals surface area (Å²) in [5.41, 5.74) is 6.37. The standard InChI is InChI=1S/C12H15N5O3.K.H/c1-5-6(3-18)8(19)2-7(5)17-4-14-9-10(17)15-12(13)16-11(9)20;;/h4,6-8,18-19H,1-3H2,(H3,13,15,16,20);;/t6-,7-,8-;;/m0../s1. The van der Waals surface area contributed by atoms with Gasteiger partial charge >= 0.3 is 51.4 Å². The van der Waals surface area contributed by atoms with E-state index in [2.05, 4.69) is 21.5 Å². The van der Waals surface area contributed by atoms with Crippen LogP contribution in [0.2, 0.25) is 0 Å². The van der Waals surface area contributed by atoms with Crippen LogP contribution >= 0.6 is 0 Å². The van der Waals surface area contributed by atoms with Gasteiger partial charge < -0.3 is 20.5 Å². The number of aromatic amines is 1. The molecule has 0 bridgehead atoms. The molecule has 1 aliphatic rings. The Morgan fingerprint density at radius 2 is 2.29 bits per heavy atom. The van der Waals surface area contributed by atoms with Gasteiger partial charge in [-0.25, -0.2) is 4.98 Å². The third-order valence-electron chi connectivity index (χ3n) is 3.82. The predicted octanol–water partition coefficient (Wildman–Crippen LogP) is -1.48. The molecule has 5 N–H and O–H groups in total. The van der Waals surface area contributed by atoms with E-state index in [9.17, 15) is 15.0 Å². The molecule has 0 aliphatic heterocycles. The van der Waals surface area contributed by atoms with Crippen LogP contribution in [-0.4, -0.2) is 93.8 Å². The number of anilines is 1. The number of aliphatic hydroxyl groups excluding tert-OH is 2. The molecular formula is C12H16KN5O3. The predicted molar refractivity (Wildman–Crippen MR) is 79.1 cm³/mol. The van der Waals surface area contributed by atoms with Crippen molar-refractivity contribution in [3.05, 3.63) is 28.8 Å². The number of hydrogen-bond acceptors (Lipinski definition) is 6. The third-order valence-corrected chi connectivity index (χ3v) is 3.82. The van der Waals surface area contributed by atoms with Crippen LogP contribution in [0.5, 0.6) is 0 Å². The van der Waals surface area contributed by atoms with Gasteiger partial charge in [0.25, 0.3) is 5.56 Å². The summed E-state index contributed by atoms with van der Waals surface area (Å²) in [6.45, 7) is 3.76. The van der Waals surface area contributed by atoms with Crippen molar-refractivity contribution in [2.24, 2.45) is 5.92 Å². The molecule has 2 aromatic heterocycles. The fourth-order valence-corrected chi connectivity index (χ4v) is 2.74. The second kappa shape index (κ2) is 6.29. The van der Waals surface area contributed by atoms with Gasteiger partial charge in [-0.1, -0.05) is 6.58 Å². The maximum atomic E-state index is 11.7. The summed E-state index contributed by atoms with van der Waals surface area (Å²) in [5.74, 6) is -0.371. The van der Waals surface area contributed by atoms with E-state index in [4.69, 9.17) is 5.73 Å². The first-order valence-electron chi connectivity index (χ1n) is 6.23. The van der Waals surface area contributed by atoms with Crippen LogP contribution in [0.15, 0.2) is 23.3 Å². The van der Waals surface area contributed by atoms with E-state index in [0.717, 1.165) is 0 Å². The molecule has 21 heavy (non-hydrogen) atoms. The van der Waals surface area contributed by atoms with Crippen molar-refractivity contribution >= 4 is 68.5 Å². The van der Waals surface area contributed by atoms with Gasteiger partial charge in [0.15, 0.2) is 11.2 Å². The second-order valence-corrected chi connectivity index (χ2v) is 4.96. The Kier molecular flexibility index (Phi) is 5.03. The molecule has 0 spiro atoms. The number of aliphatic hydroxyl groups is 2. The molecule has 2 aromatic rings. The van der Waals surface area contributed by atoms with Crippen molar-refractivity contribution in [1.29, 1.82) is 0 Å². The molecule has 8 nitrogen and oxygen atoms in total. The minimum atomic E-state index is -0.672. The summed E-state index contributed by atoms with van der Waals surface area (Å²) < 4.78 is 1.67. The van der Waals surface area contributed by atoms with Crippen LogP contribution in [0.25, 0.3) is 11.2 Å². The Hall–Kier alpha value is -0.554. The van der Waals surface area contributed by atoms with Crippen molar-refractivity contribution in [2.45, 2.75) is 18.6 Å². The van der Waals surface area contributed by atoms with Crippen LogP contribution in [0.3, 0.4) is 0 Å². The normalized spacial score (nSPS) is 25.2. The van der Waals surface area contributed by atoms with Crippen molar-refractivity contribution in [3.8, 4) is 0 Å². The first-order valence-corrected chi connectivity index (χ1v) is 6.23. The molecule has 0 aromatic carbocycles. The zero-order valence-corrected chi connectivity index (χ0v) is 10.7. The van der Waals surface area contributed by atoms with Gasteiger partial charge in [-0.05, 0) is 12.0 Å². The summed E-state index contributed by atoms with van der Waals surface area (Å²) in [6, 6.07) is -0.263. The fourth-order valence-electron chi connectivity index (χ4n) is 2.74. The zero-order valence-electron chi connectivity index (χ0n) is 10.7. The van der Waals surface area contributed by atoms with Crippen LogP contribution in [0, 0.1) is 5.92 Å². The SMILES string of the molecule is C=C1[C@H](CO)[C@@H](O)C[C@@H]1n1cnc2c(=O)[nH]c(N)nc21.[KH]. The number of fused-ring (bicyclic) bond motifs is 1. The van der Waals surface area contributed by atoms with E-state index in [-0.39, 0.29) is 81.4 Å². The molecule has 2 heterocycles. The first kappa shape index (κ1) is 16.8. The number of aromatic nitrogens is 4. The third kappa shape index (κ3) is 2.74. The van der Waals surface area contributed by atoms with Gasteiger partial charge in [0.1, 0.15) is 0 Å². The van der Waals surface area contributed by atoms with Crippen LogP contribution in [0.4, 0.5) is 5.95 Å². The zero-order chi connectivity index (χ0) is 14.4. The second-order valence-electron chi connectivity index (χ2n) is 4.96. The molecule has 1 fully saturated rings. The van der Waals surface area contributed by atoms with Crippen molar-refractivity contribution < 1.29 is 10.2 Å². The summed E-state index contributed by atoms with van der Waals surface area (Å²) >= 11 is 0. The van der Waals surface area contributed by atoms with E-state index in [1.165, 1.54) is 6.33 Å². The number of H-pyrrole nitrogens is 1. The number of nitrogens with zero attached hydrogens (tertiary/aromatic N) is 3. The minimum absolute atomic E-state index is 0. The van der Waals surface area contributed by atoms with E-state index in [1.54, 1.807) is 4.57 Å². The molecule has 0 unspecified atom stereocenters. The Morgan fingerprint density at radius 1 is 1.57 bits per heavy atom. The van der Waals surface area contributed by atoms with Crippen LogP contribution in [0.1, 0.15) is 12.5 Å². The number of nitrogens with one attached hydrogen (secondary N) is 1. The van der Waals surface area contributed by atoms with E-state index < -0.39 is 11.7 Å². The van der Waals surface area contributed by atoms with E-state index in [1.807, 2.05) is 0 Å². The van der Waals surface area contributed by atoms with E-state index >= 15 is 0 Å². The molecule has 0 saturated heterocycles. The van der Waals surface area contributed by atoms with Gasteiger partial charge in [0.05, 0.1) is 25.1 Å². The topological polar surface area (TPSA) is 130 Å². The monoisotopic (exact) mass is 317 g/mol. The van der Waals surface area contributed by atoms with Gasteiger partial charge in [-0.3, -0.25) is 9.78 Å². The Balaban J connectivity index is 0.00000161. The Labute approximate surface area is 162 Å². The summed E-state index contributed by atoms with van der Waals surface area (Å²) in [4.78, 5) is 22.2. The number of hydrogen-bond donors (Lipinski definition) is 4. The van der Waals surface area contributed by atoms with Crippen LogP contribution in [-0.2, 0) is 0 Å². The van der Waals surface area contributed by atoms with Gasteiger partial charge in [0, 0.05) is 5.92 Å². The van der Waals surface area contributed by atoms with E-state index in [0.29, 0.717) is 17.6 Å². The Bertz CT molecular complexity index is 740. The first-order chi connectivity index (χ1) is 9.52. The molecule has 1 aliphatic carbocycles. The fraction of sp³-hybridized carbons (Fsp3) is 0.417. The molecule has 0 radical (unpaired) electrons. The van der Waals surface area contributed by atoms with Crippen molar-refractivity contribution in [3.63, 3.8) is 0 Å². The molecule has 9 heteroatoms. The Morgan fingerprint density at radius 3 is 2.90 bits per heavy atom. The maximum absolute atomic E-state index is 11.7. The molecule has 3 atom stereocenters. The quantitative estimate of drug-likeness (QED) is 0.395. The van der Waals surface area contributed by atoms with Crippen LogP contribution < -0.4 is 11.3 Å². The summed E-state index contributed by atoms with van der Waals surface area (Å²) in [7, 11) is 0. The molecule has 1 saturated carbocycles. The number of nitrogens with two attached hydrogens (primary N) is 1. The number of rotatable bonds is 2. The molecular weight excluding hydrogens is 301 g/mol. The molecule has 0 amide bonds. The number of imidazole rings is 1. The average Bonchev–Trinajstić information content (AvgIpc) is 2.91. The van der Waals surface area contributed by atoms with Crippen molar-refractivity contribution in [1.82, 2.24) is 19.5 Å².